The number of nitrogens with two attached hydrogens (primary N) is 1. The van der Waals surface area contributed by atoms with Crippen molar-refractivity contribution in [3.8, 4) is 0 Å². The number of hydrogen-bond donors (Lipinski definition) is 4. The number of aromatic nitrogens is 2. The first kappa shape index (κ1) is 17.4. The molecule has 6 rings (SSSR count). The van der Waals surface area contributed by atoms with Gasteiger partial charge in [0.1, 0.15) is 0 Å². The monoisotopic (exact) mass is 378 g/mol. The lowest BCUT2D eigenvalue weighted by Gasteiger charge is -2.58. The summed E-state index contributed by atoms with van der Waals surface area (Å²) >= 11 is 0. The van der Waals surface area contributed by atoms with Crippen molar-refractivity contribution in [3.05, 3.63) is 24.0 Å². The predicted octanol–water partition coefficient (Wildman–Crippen LogP) is 2.15. The van der Waals surface area contributed by atoms with E-state index < -0.39 is 11.5 Å². The molecule has 8 heteroatoms. The number of carbonyl (C=O) groups excluding carboxylic acids is 1. The van der Waals surface area contributed by atoms with E-state index in [-0.39, 0.29) is 18.4 Å². The van der Waals surface area contributed by atoms with E-state index in [0.29, 0.717) is 40.0 Å². The molecule has 5 N–H and O–H groups in total. The van der Waals surface area contributed by atoms with Gasteiger partial charge in [-0.2, -0.15) is 4.73 Å². The molecule has 0 aromatic carbocycles. The number of fused-ring (bicyclic) bond motifs is 1. The molecular weight excluding hydrogens is 356 g/mol. The molecule has 7 nitrogen and oxygen atoms in total. The van der Waals surface area contributed by atoms with Crippen LogP contribution in [0.15, 0.2) is 18.5 Å². The van der Waals surface area contributed by atoms with Crippen LogP contribution >= 0.6 is 12.4 Å². The average molecular weight is 379 g/mol. The smallest absolute Gasteiger partial charge is 0.252 e. The molecule has 0 aliphatic heterocycles. The second kappa shape index (κ2) is 5.76. The van der Waals surface area contributed by atoms with Crippen LogP contribution in [0.3, 0.4) is 0 Å². The molecule has 0 saturated heterocycles. The Morgan fingerprint density at radius 1 is 1.31 bits per heavy atom. The second-order valence-corrected chi connectivity index (χ2v) is 8.17. The Balaban J connectivity index is 0.00000168. The second-order valence-electron chi connectivity index (χ2n) is 8.17. The van der Waals surface area contributed by atoms with Crippen LogP contribution in [-0.4, -0.2) is 37.6 Å². The van der Waals surface area contributed by atoms with Crippen molar-refractivity contribution < 1.29 is 15.1 Å². The van der Waals surface area contributed by atoms with Gasteiger partial charge in [-0.3, -0.25) is 4.79 Å². The van der Waals surface area contributed by atoms with Crippen LogP contribution in [0.25, 0.3) is 11.0 Å². The van der Waals surface area contributed by atoms with Crippen molar-refractivity contribution in [2.45, 2.75) is 43.7 Å². The molecule has 0 radical (unpaired) electrons. The van der Waals surface area contributed by atoms with Crippen LogP contribution in [-0.2, 0) is 0 Å². The van der Waals surface area contributed by atoms with E-state index >= 15 is 0 Å². The third-order valence-electron chi connectivity index (χ3n) is 6.51. The van der Waals surface area contributed by atoms with Crippen LogP contribution in [0.1, 0.15) is 42.5 Å². The molecule has 140 valence electrons. The van der Waals surface area contributed by atoms with Crippen LogP contribution in [0.5, 0.6) is 0 Å². The summed E-state index contributed by atoms with van der Waals surface area (Å²) in [4.78, 5) is 16.1. The largest absolute Gasteiger partial charge is 0.427 e. The number of carbonyl (C=O) groups is 1. The van der Waals surface area contributed by atoms with Gasteiger partial charge in [0.15, 0.2) is 5.65 Å². The molecule has 2 unspecified atom stereocenters. The first-order valence-electron chi connectivity index (χ1n) is 8.91. The summed E-state index contributed by atoms with van der Waals surface area (Å²) in [7, 11) is 0. The minimum Gasteiger partial charge on any atom is -0.427 e. The molecule has 4 aliphatic carbocycles. The maximum atomic E-state index is 11.9. The Hall–Kier alpha value is -1.99. The number of primary amides is 1. The zero-order valence-electron chi connectivity index (χ0n) is 14.3. The van der Waals surface area contributed by atoms with Crippen molar-refractivity contribution in [2.24, 2.45) is 23.5 Å². The third-order valence-corrected chi connectivity index (χ3v) is 6.51. The Morgan fingerprint density at radius 2 is 2.00 bits per heavy atom. The molecule has 4 saturated carbocycles. The van der Waals surface area contributed by atoms with E-state index in [9.17, 15) is 15.1 Å². The lowest BCUT2D eigenvalue weighted by Crippen LogP contribution is -2.59. The highest BCUT2D eigenvalue weighted by Crippen LogP contribution is 2.56. The van der Waals surface area contributed by atoms with Crippen molar-refractivity contribution in [2.75, 3.05) is 5.32 Å². The Labute approximate surface area is 156 Å². The number of hydrogen-bond acceptors (Lipinski definition) is 5. The summed E-state index contributed by atoms with van der Waals surface area (Å²) < 4.78 is 0.949. The van der Waals surface area contributed by atoms with Gasteiger partial charge in [0.2, 0.25) is 0 Å². The van der Waals surface area contributed by atoms with Gasteiger partial charge >= 0.3 is 0 Å². The van der Waals surface area contributed by atoms with E-state index in [0.717, 1.165) is 36.8 Å². The first-order valence-corrected chi connectivity index (χ1v) is 8.91. The lowest BCUT2D eigenvalue weighted by molar-refractivity contribution is -0.129. The maximum Gasteiger partial charge on any atom is 0.252 e. The minimum atomic E-state index is -0.537. The van der Waals surface area contributed by atoms with Gasteiger partial charge in [0.05, 0.1) is 16.9 Å². The summed E-state index contributed by atoms with van der Waals surface area (Å²) in [6.07, 6.45) is 7.75. The predicted molar refractivity (Wildman–Crippen MR) is 98.6 cm³/mol. The molecule has 2 atom stereocenters. The number of aliphatic hydroxyl groups is 1. The molecule has 4 bridgehead atoms. The summed E-state index contributed by atoms with van der Waals surface area (Å²) in [5.41, 5.74) is 6.44. The number of rotatable bonds is 3. The van der Waals surface area contributed by atoms with Crippen molar-refractivity contribution in [1.82, 2.24) is 9.71 Å². The normalized spacial score (nSPS) is 34.7. The zero-order valence-corrected chi connectivity index (χ0v) is 15.1. The zero-order chi connectivity index (χ0) is 17.3. The highest BCUT2D eigenvalue weighted by molar-refractivity contribution is 6.06. The SMILES string of the molecule is Cl.NC(=O)c1cnc2c(ccn2O)c1NC1C2CC3CC1CC(O)(C3)C2. The van der Waals surface area contributed by atoms with E-state index in [4.69, 9.17) is 5.73 Å². The molecule has 1 amide bonds. The first-order chi connectivity index (χ1) is 11.9. The van der Waals surface area contributed by atoms with Gasteiger partial charge in [-0.15, -0.1) is 12.4 Å². The average Bonchev–Trinajstić information content (AvgIpc) is 2.91. The number of amides is 1. The number of halogens is 1. The van der Waals surface area contributed by atoms with Crippen molar-refractivity contribution >= 4 is 35.0 Å². The van der Waals surface area contributed by atoms with Crippen LogP contribution < -0.4 is 11.1 Å². The fourth-order valence-electron chi connectivity index (χ4n) is 5.80. The van der Waals surface area contributed by atoms with Crippen molar-refractivity contribution in [3.63, 3.8) is 0 Å². The maximum absolute atomic E-state index is 11.9. The van der Waals surface area contributed by atoms with Crippen LogP contribution in [0, 0.1) is 17.8 Å². The van der Waals surface area contributed by atoms with Gasteiger partial charge in [-0.05, 0) is 55.9 Å². The fraction of sp³-hybridized carbons (Fsp3) is 0.556. The topological polar surface area (TPSA) is 113 Å². The van der Waals surface area contributed by atoms with Gasteiger partial charge in [0, 0.05) is 23.8 Å². The molecule has 4 fully saturated rings. The molecule has 4 aliphatic rings. The minimum absolute atomic E-state index is 0. The highest BCUT2D eigenvalue weighted by Gasteiger charge is 2.54. The van der Waals surface area contributed by atoms with Gasteiger partial charge < -0.3 is 21.4 Å². The third kappa shape index (κ3) is 2.45. The van der Waals surface area contributed by atoms with Gasteiger partial charge in [-0.25, -0.2) is 4.98 Å². The number of anilines is 1. The van der Waals surface area contributed by atoms with E-state index in [1.165, 1.54) is 12.4 Å². The summed E-state index contributed by atoms with van der Waals surface area (Å²) in [6.45, 7) is 0. The summed E-state index contributed by atoms with van der Waals surface area (Å²) in [5, 5.41) is 24.9. The van der Waals surface area contributed by atoms with Crippen LogP contribution in [0.4, 0.5) is 5.69 Å². The van der Waals surface area contributed by atoms with Gasteiger partial charge in [0.25, 0.3) is 5.91 Å². The Morgan fingerprint density at radius 3 is 2.62 bits per heavy atom. The molecule has 26 heavy (non-hydrogen) atoms. The summed E-state index contributed by atoms with van der Waals surface area (Å²) in [6, 6.07) is 1.95. The molecular formula is C18H23ClN4O3. The molecule has 2 aromatic heterocycles. The fourth-order valence-corrected chi connectivity index (χ4v) is 5.80. The quantitative estimate of drug-likeness (QED) is 0.611. The highest BCUT2D eigenvalue weighted by atomic mass is 35.5. The number of nitrogens with one attached hydrogen (secondary N) is 1. The van der Waals surface area contributed by atoms with E-state index in [1.54, 1.807) is 6.07 Å². The number of nitrogens with zero attached hydrogens (tertiary/aromatic N) is 2. The molecule has 2 aromatic rings. The lowest BCUT2D eigenvalue weighted by atomic mass is 9.52. The van der Waals surface area contributed by atoms with E-state index in [2.05, 4.69) is 10.3 Å². The van der Waals surface area contributed by atoms with E-state index in [1.807, 2.05) is 0 Å². The standard InChI is InChI=1S/C18H22N4O3.ClH/c19-16(23)13-8-20-17-12(1-2-22(17)25)15(13)21-14-10-3-9-4-11(14)7-18(24,5-9)6-10;/h1-2,8-11,14,24-25H,3-7H2,(H2,19,23)(H,20,21);1H. The van der Waals surface area contributed by atoms with Crippen molar-refractivity contribution in [1.29, 1.82) is 0 Å². The Bertz CT molecular complexity index is 867. The summed E-state index contributed by atoms with van der Waals surface area (Å²) in [5.74, 6) is 0.880. The number of pyridine rings is 1. The molecule has 2 heterocycles. The molecule has 0 spiro atoms. The Kier molecular flexibility index (Phi) is 3.86. The van der Waals surface area contributed by atoms with Crippen LogP contribution in [0.2, 0.25) is 0 Å². The van der Waals surface area contributed by atoms with Gasteiger partial charge in [-0.1, -0.05) is 0 Å².